The first-order valence-electron chi connectivity index (χ1n) is 5.74. The number of alkyl halides is 3. The Morgan fingerprint density at radius 1 is 1.33 bits per heavy atom. The molecule has 0 aromatic heterocycles. The zero-order chi connectivity index (χ0) is 16.0. The molecule has 0 aliphatic heterocycles. The lowest BCUT2D eigenvalue weighted by Gasteiger charge is -2.12. The number of carboxylic acids is 1. The van der Waals surface area contributed by atoms with Crippen LogP contribution in [0, 0.1) is 0 Å². The Morgan fingerprint density at radius 3 is 2.57 bits per heavy atom. The van der Waals surface area contributed by atoms with Crippen molar-refractivity contribution < 1.29 is 32.6 Å². The fourth-order valence-corrected chi connectivity index (χ4v) is 1.72. The summed E-state index contributed by atoms with van der Waals surface area (Å²) in [5, 5.41) is 10.8. The molecule has 0 aliphatic rings. The topological polar surface area (TPSA) is 75.6 Å². The molecule has 1 aromatic carbocycles. The van der Waals surface area contributed by atoms with Crippen LogP contribution in [0.4, 0.5) is 13.2 Å². The number of hydrogen-bond donors (Lipinski definition) is 2. The minimum atomic E-state index is -4.86. The molecular weight excluding hydrogens is 359 g/mol. The highest BCUT2D eigenvalue weighted by atomic mass is 79.9. The number of carbonyl (C=O) groups is 2. The fourth-order valence-electron chi connectivity index (χ4n) is 1.39. The van der Waals surface area contributed by atoms with Crippen LogP contribution in [0.5, 0.6) is 5.75 Å². The van der Waals surface area contributed by atoms with Crippen molar-refractivity contribution in [2.45, 2.75) is 19.2 Å². The normalized spacial score (nSPS) is 11.0. The summed E-state index contributed by atoms with van der Waals surface area (Å²) in [6, 6.07) is 3.52. The van der Waals surface area contributed by atoms with Crippen LogP contribution in [0.1, 0.15) is 23.2 Å². The van der Waals surface area contributed by atoms with E-state index in [9.17, 15) is 22.8 Å². The van der Waals surface area contributed by atoms with Gasteiger partial charge in [-0.15, -0.1) is 13.2 Å². The second kappa shape index (κ2) is 7.30. The van der Waals surface area contributed by atoms with Gasteiger partial charge in [-0.3, -0.25) is 9.59 Å². The third kappa shape index (κ3) is 6.48. The Kier molecular flexibility index (Phi) is 6.01. The molecule has 116 valence electrons. The summed E-state index contributed by atoms with van der Waals surface area (Å²) in [5.41, 5.74) is -0.0206. The molecule has 0 fully saturated rings. The van der Waals surface area contributed by atoms with Crippen molar-refractivity contribution in [1.82, 2.24) is 5.32 Å². The molecule has 0 bridgehead atoms. The SMILES string of the molecule is O=C(O)CCCNC(=O)c1ccc(Br)c(OC(F)(F)F)c1. The summed E-state index contributed by atoms with van der Waals surface area (Å²) in [6.45, 7) is 0.108. The quantitative estimate of drug-likeness (QED) is 0.756. The van der Waals surface area contributed by atoms with Crippen LogP contribution in [0.3, 0.4) is 0 Å². The van der Waals surface area contributed by atoms with Crippen molar-refractivity contribution in [2.75, 3.05) is 6.54 Å². The maximum atomic E-state index is 12.2. The van der Waals surface area contributed by atoms with Crippen LogP contribution < -0.4 is 10.1 Å². The van der Waals surface area contributed by atoms with Gasteiger partial charge in [0.05, 0.1) is 4.47 Å². The van der Waals surface area contributed by atoms with Gasteiger partial charge in [0.25, 0.3) is 5.91 Å². The molecule has 21 heavy (non-hydrogen) atoms. The molecule has 5 nitrogen and oxygen atoms in total. The van der Waals surface area contributed by atoms with Crippen molar-refractivity contribution in [1.29, 1.82) is 0 Å². The first-order chi connectivity index (χ1) is 9.69. The summed E-state index contributed by atoms with van der Waals surface area (Å²) < 4.78 is 40.4. The van der Waals surface area contributed by atoms with Crippen LogP contribution in [-0.2, 0) is 4.79 Å². The van der Waals surface area contributed by atoms with E-state index in [1.54, 1.807) is 0 Å². The van der Waals surface area contributed by atoms with E-state index in [2.05, 4.69) is 26.0 Å². The second-order valence-electron chi connectivity index (χ2n) is 3.95. The molecule has 1 aromatic rings. The molecule has 2 N–H and O–H groups in total. The molecule has 0 aliphatic carbocycles. The number of nitrogens with one attached hydrogen (secondary N) is 1. The molecule has 0 saturated heterocycles. The van der Waals surface area contributed by atoms with Crippen LogP contribution in [0.15, 0.2) is 22.7 Å². The van der Waals surface area contributed by atoms with Gasteiger partial charge < -0.3 is 15.2 Å². The highest BCUT2D eigenvalue weighted by Crippen LogP contribution is 2.31. The zero-order valence-corrected chi connectivity index (χ0v) is 12.1. The summed E-state index contributed by atoms with van der Waals surface area (Å²) in [4.78, 5) is 22.0. The first-order valence-corrected chi connectivity index (χ1v) is 6.53. The standard InChI is InChI=1S/C12H11BrF3NO4/c13-8-4-3-7(6-9(8)21-12(14,15)16)11(20)17-5-1-2-10(18)19/h3-4,6H,1-2,5H2,(H,17,20)(H,18,19). The zero-order valence-electron chi connectivity index (χ0n) is 10.5. The lowest BCUT2D eigenvalue weighted by molar-refractivity contribution is -0.274. The van der Waals surface area contributed by atoms with E-state index >= 15 is 0 Å². The largest absolute Gasteiger partial charge is 0.573 e. The number of halogens is 4. The van der Waals surface area contributed by atoms with Crippen LogP contribution >= 0.6 is 15.9 Å². The predicted octanol–water partition coefficient (Wildman–Crippen LogP) is 2.94. The van der Waals surface area contributed by atoms with Gasteiger partial charge in [0.2, 0.25) is 0 Å². The molecule has 9 heteroatoms. The second-order valence-corrected chi connectivity index (χ2v) is 4.80. The van der Waals surface area contributed by atoms with E-state index < -0.39 is 24.0 Å². The Labute approximate surface area is 126 Å². The van der Waals surface area contributed by atoms with Crippen LogP contribution in [-0.4, -0.2) is 29.9 Å². The highest BCUT2D eigenvalue weighted by Gasteiger charge is 2.32. The number of benzene rings is 1. The van der Waals surface area contributed by atoms with Gasteiger partial charge in [-0.2, -0.15) is 0 Å². The molecule has 0 saturated carbocycles. The summed E-state index contributed by atoms with van der Waals surface area (Å²) in [7, 11) is 0. The van der Waals surface area contributed by atoms with Crippen LogP contribution in [0.2, 0.25) is 0 Å². The number of hydrogen-bond acceptors (Lipinski definition) is 3. The van der Waals surface area contributed by atoms with E-state index in [1.165, 1.54) is 12.1 Å². The minimum absolute atomic E-state index is 0.0206. The maximum absolute atomic E-state index is 12.2. The summed E-state index contributed by atoms with van der Waals surface area (Å²) in [5.74, 6) is -2.13. The number of rotatable bonds is 6. The smallest absolute Gasteiger partial charge is 0.481 e. The van der Waals surface area contributed by atoms with Gasteiger partial charge in [-0.25, -0.2) is 0 Å². The third-order valence-corrected chi connectivity index (χ3v) is 2.93. The molecule has 1 amide bonds. The van der Waals surface area contributed by atoms with E-state index in [-0.39, 0.29) is 29.4 Å². The van der Waals surface area contributed by atoms with E-state index in [1.807, 2.05) is 0 Å². The number of carbonyl (C=O) groups excluding carboxylic acids is 1. The van der Waals surface area contributed by atoms with Crippen molar-refractivity contribution in [3.8, 4) is 5.75 Å². The predicted molar refractivity (Wildman–Crippen MR) is 70.0 cm³/mol. The van der Waals surface area contributed by atoms with Gasteiger partial charge >= 0.3 is 12.3 Å². The van der Waals surface area contributed by atoms with Gasteiger partial charge in [-0.05, 0) is 40.5 Å². The summed E-state index contributed by atoms with van der Waals surface area (Å²) in [6.07, 6.45) is -4.74. The van der Waals surface area contributed by atoms with Gasteiger partial charge in [0.15, 0.2) is 0 Å². The van der Waals surface area contributed by atoms with E-state index in [4.69, 9.17) is 5.11 Å². The molecule has 0 spiro atoms. The minimum Gasteiger partial charge on any atom is -0.481 e. The monoisotopic (exact) mass is 369 g/mol. The van der Waals surface area contributed by atoms with E-state index in [0.717, 1.165) is 6.07 Å². The van der Waals surface area contributed by atoms with Gasteiger partial charge in [0.1, 0.15) is 5.75 Å². The molecule has 0 unspecified atom stereocenters. The van der Waals surface area contributed by atoms with Crippen molar-refractivity contribution in [2.24, 2.45) is 0 Å². The highest BCUT2D eigenvalue weighted by molar-refractivity contribution is 9.10. The number of ether oxygens (including phenoxy) is 1. The van der Waals surface area contributed by atoms with Crippen molar-refractivity contribution >= 4 is 27.8 Å². The van der Waals surface area contributed by atoms with Crippen molar-refractivity contribution in [3.63, 3.8) is 0 Å². The average Bonchev–Trinajstić information content (AvgIpc) is 2.35. The molecule has 0 heterocycles. The van der Waals surface area contributed by atoms with Gasteiger partial charge in [-0.1, -0.05) is 0 Å². The lowest BCUT2D eigenvalue weighted by Crippen LogP contribution is -2.25. The van der Waals surface area contributed by atoms with Crippen LogP contribution in [0.25, 0.3) is 0 Å². The summed E-state index contributed by atoms with van der Waals surface area (Å²) >= 11 is 2.89. The molecular formula is C12H11BrF3NO4. The Bertz CT molecular complexity index is 534. The molecule has 0 radical (unpaired) electrons. The first kappa shape index (κ1) is 17.3. The Morgan fingerprint density at radius 2 is 2.00 bits per heavy atom. The average molecular weight is 370 g/mol. The number of amides is 1. The maximum Gasteiger partial charge on any atom is 0.573 e. The number of carboxylic acid groups (broad SMARTS) is 1. The number of aliphatic carboxylic acids is 1. The Balaban J connectivity index is 2.68. The Hall–Kier alpha value is -1.77. The van der Waals surface area contributed by atoms with Gasteiger partial charge in [0, 0.05) is 18.5 Å². The van der Waals surface area contributed by atoms with Crippen molar-refractivity contribution in [3.05, 3.63) is 28.2 Å². The molecule has 0 atom stereocenters. The molecule has 1 rings (SSSR count). The fraction of sp³-hybridized carbons (Fsp3) is 0.333. The third-order valence-electron chi connectivity index (χ3n) is 2.27. The lowest BCUT2D eigenvalue weighted by atomic mass is 10.2. The van der Waals surface area contributed by atoms with E-state index in [0.29, 0.717) is 0 Å².